The second kappa shape index (κ2) is 6.73. The topological polar surface area (TPSA) is 15.3 Å². The van der Waals surface area contributed by atoms with E-state index in [0.717, 1.165) is 18.8 Å². The molecular weight excluding hydrogens is 300 g/mol. The van der Waals surface area contributed by atoms with Crippen molar-refractivity contribution in [2.45, 2.75) is 13.1 Å². The van der Waals surface area contributed by atoms with E-state index < -0.39 is 0 Å². The number of hydrogen-bond donors (Lipinski definition) is 1. The average molecular weight is 319 g/mol. The van der Waals surface area contributed by atoms with E-state index in [9.17, 15) is 0 Å². The van der Waals surface area contributed by atoms with Crippen molar-refractivity contribution in [2.24, 2.45) is 0 Å². The van der Waals surface area contributed by atoms with Gasteiger partial charge in [0.2, 0.25) is 0 Å². The van der Waals surface area contributed by atoms with E-state index in [2.05, 4.69) is 75.7 Å². The third-order valence-corrected chi connectivity index (χ3v) is 3.84. The van der Waals surface area contributed by atoms with Crippen molar-refractivity contribution in [2.75, 3.05) is 19.4 Å². The SMILES string of the molecule is CNc1cccc(CN(C)Cc2ccccc2Br)c1. The van der Waals surface area contributed by atoms with Gasteiger partial charge in [-0.15, -0.1) is 0 Å². The van der Waals surface area contributed by atoms with Crippen LogP contribution < -0.4 is 5.32 Å². The molecule has 0 saturated carbocycles. The fourth-order valence-electron chi connectivity index (χ4n) is 2.11. The van der Waals surface area contributed by atoms with Crippen molar-refractivity contribution in [3.05, 3.63) is 64.1 Å². The highest BCUT2D eigenvalue weighted by molar-refractivity contribution is 9.10. The van der Waals surface area contributed by atoms with Crippen LogP contribution >= 0.6 is 15.9 Å². The Hall–Kier alpha value is -1.32. The van der Waals surface area contributed by atoms with E-state index in [1.807, 2.05) is 13.1 Å². The lowest BCUT2D eigenvalue weighted by Gasteiger charge is -2.18. The van der Waals surface area contributed by atoms with Crippen molar-refractivity contribution in [1.29, 1.82) is 0 Å². The van der Waals surface area contributed by atoms with Gasteiger partial charge in [0.05, 0.1) is 0 Å². The van der Waals surface area contributed by atoms with Crippen molar-refractivity contribution in [3.8, 4) is 0 Å². The van der Waals surface area contributed by atoms with E-state index in [-0.39, 0.29) is 0 Å². The molecule has 0 radical (unpaired) electrons. The fraction of sp³-hybridized carbons (Fsp3) is 0.250. The van der Waals surface area contributed by atoms with Crippen LogP contribution in [0.4, 0.5) is 5.69 Å². The van der Waals surface area contributed by atoms with E-state index in [4.69, 9.17) is 0 Å². The van der Waals surface area contributed by atoms with Crippen molar-refractivity contribution < 1.29 is 0 Å². The second-order valence-electron chi connectivity index (χ2n) is 4.71. The number of halogens is 1. The largest absolute Gasteiger partial charge is 0.388 e. The number of benzene rings is 2. The Labute approximate surface area is 123 Å². The van der Waals surface area contributed by atoms with Crippen LogP contribution in [0.25, 0.3) is 0 Å². The molecule has 2 nitrogen and oxygen atoms in total. The highest BCUT2D eigenvalue weighted by atomic mass is 79.9. The Kier molecular flexibility index (Phi) is 5.00. The number of anilines is 1. The summed E-state index contributed by atoms with van der Waals surface area (Å²) in [5, 5.41) is 3.17. The summed E-state index contributed by atoms with van der Waals surface area (Å²) >= 11 is 3.60. The van der Waals surface area contributed by atoms with E-state index >= 15 is 0 Å². The molecule has 3 heteroatoms. The van der Waals surface area contributed by atoms with Gasteiger partial charge in [-0.3, -0.25) is 4.90 Å². The molecule has 0 heterocycles. The van der Waals surface area contributed by atoms with Crippen LogP contribution in [0.3, 0.4) is 0 Å². The molecule has 19 heavy (non-hydrogen) atoms. The van der Waals surface area contributed by atoms with Gasteiger partial charge in [-0.2, -0.15) is 0 Å². The first-order valence-electron chi connectivity index (χ1n) is 6.37. The lowest BCUT2D eigenvalue weighted by molar-refractivity contribution is 0.318. The lowest BCUT2D eigenvalue weighted by atomic mass is 10.1. The minimum atomic E-state index is 0.936. The summed E-state index contributed by atoms with van der Waals surface area (Å²) in [6, 6.07) is 16.9. The predicted octanol–water partition coefficient (Wildman–Crippen LogP) is 4.12. The molecule has 1 N–H and O–H groups in total. The van der Waals surface area contributed by atoms with Gasteiger partial charge < -0.3 is 5.32 Å². The van der Waals surface area contributed by atoms with Gasteiger partial charge in [-0.05, 0) is 36.4 Å². The zero-order valence-corrected chi connectivity index (χ0v) is 12.9. The quantitative estimate of drug-likeness (QED) is 0.892. The molecule has 0 fully saturated rings. The first kappa shape index (κ1) is 14.1. The second-order valence-corrected chi connectivity index (χ2v) is 5.57. The molecule has 2 aromatic carbocycles. The van der Waals surface area contributed by atoms with Crippen LogP contribution in [-0.4, -0.2) is 19.0 Å². The highest BCUT2D eigenvalue weighted by Crippen LogP contribution is 2.18. The molecule has 0 aliphatic rings. The van der Waals surface area contributed by atoms with E-state index in [0.29, 0.717) is 0 Å². The number of rotatable bonds is 5. The van der Waals surface area contributed by atoms with Gasteiger partial charge in [0.1, 0.15) is 0 Å². The lowest BCUT2D eigenvalue weighted by Crippen LogP contribution is -2.17. The third kappa shape index (κ3) is 4.08. The minimum Gasteiger partial charge on any atom is -0.388 e. The molecule has 0 aromatic heterocycles. The van der Waals surface area contributed by atoms with Gasteiger partial charge >= 0.3 is 0 Å². The molecule has 0 bridgehead atoms. The summed E-state index contributed by atoms with van der Waals surface area (Å²) in [4.78, 5) is 2.31. The summed E-state index contributed by atoms with van der Waals surface area (Å²) in [6.07, 6.45) is 0. The maximum atomic E-state index is 3.60. The molecular formula is C16H19BrN2. The summed E-state index contributed by atoms with van der Waals surface area (Å²) in [7, 11) is 4.09. The first-order chi connectivity index (χ1) is 9.19. The summed E-state index contributed by atoms with van der Waals surface area (Å²) < 4.78 is 1.17. The number of nitrogens with one attached hydrogen (secondary N) is 1. The first-order valence-corrected chi connectivity index (χ1v) is 7.17. The number of nitrogens with zero attached hydrogens (tertiary/aromatic N) is 1. The minimum absolute atomic E-state index is 0.936. The number of hydrogen-bond acceptors (Lipinski definition) is 2. The zero-order valence-electron chi connectivity index (χ0n) is 11.4. The van der Waals surface area contributed by atoms with Crippen molar-refractivity contribution in [3.63, 3.8) is 0 Å². The molecule has 0 unspecified atom stereocenters. The molecule has 100 valence electrons. The van der Waals surface area contributed by atoms with Crippen molar-refractivity contribution >= 4 is 21.6 Å². The molecule has 0 aliphatic heterocycles. The molecule has 0 aliphatic carbocycles. The van der Waals surface area contributed by atoms with Crippen LogP contribution in [0.5, 0.6) is 0 Å². The molecule has 0 atom stereocenters. The van der Waals surface area contributed by atoms with Gasteiger partial charge in [-0.25, -0.2) is 0 Å². The zero-order chi connectivity index (χ0) is 13.7. The van der Waals surface area contributed by atoms with Crippen LogP contribution in [0, 0.1) is 0 Å². The van der Waals surface area contributed by atoms with Crippen LogP contribution in [0.2, 0.25) is 0 Å². The van der Waals surface area contributed by atoms with Gasteiger partial charge in [-0.1, -0.05) is 46.3 Å². The van der Waals surface area contributed by atoms with Crippen LogP contribution in [0.15, 0.2) is 53.0 Å². The summed E-state index contributed by atoms with van der Waals surface area (Å²) in [6.45, 7) is 1.88. The van der Waals surface area contributed by atoms with Crippen LogP contribution in [0.1, 0.15) is 11.1 Å². The van der Waals surface area contributed by atoms with Crippen molar-refractivity contribution in [1.82, 2.24) is 4.90 Å². The molecule has 2 aromatic rings. The standard InChI is InChI=1S/C16H19BrN2/c1-18-15-8-5-6-13(10-15)11-19(2)12-14-7-3-4-9-16(14)17/h3-10,18H,11-12H2,1-2H3. The predicted molar refractivity (Wildman–Crippen MR) is 85.3 cm³/mol. The molecule has 0 saturated heterocycles. The monoisotopic (exact) mass is 318 g/mol. The Morgan fingerprint density at radius 2 is 1.84 bits per heavy atom. The van der Waals surface area contributed by atoms with Crippen LogP contribution in [-0.2, 0) is 13.1 Å². The van der Waals surface area contributed by atoms with Gasteiger partial charge in [0.25, 0.3) is 0 Å². The fourth-order valence-corrected chi connectivity index (χ4v) is 2.52. The van der Waals surface area contributed by atoms with Gasteiger partial charge in [0.15, 0.2) is 0 Å². The third-order valence-electron chi connectivity index (χ3n) is 3.07. The maximum absolute atomic E-state index is 3.60. The van der Waals surface area contributed by atoms with Gasteiger partial charge in [0, 0.05) is 30.3 Å². The van der Waals surface area contributed by atoms with E-state index in [1.54, 1.807) is 0 Å². The maximum Gasteiger partial charge on any atom is 0.0340 e. The smallest absolute Gasteiger partial charge is 0.0340 e. The molecule has 2 rings (SSSR count). The Bertz CT molecular complexity index is 540. The summed E-state index contributed by atoms with van der Waals surface area (Å²) in [5.74, 6) is 0. The summed E-state index contributed by atoms with van der Waals surface area (Å²) in [5.41, 5.74) is 3.79. The molecule has 0 amide bonds. The highest BCUT2D eigenvalue weighted by Gasteiger charge is 2.04. The van der Waals surface area contributed by atoms with E-state index in [1.165, 1.54) is 15.6 Å². The average Bonchev–Trinajstić information content (AvgIpc) is 2.41. The molecule has 0 spiro atoms. The Balaban J connectivity index is 2.01. The Morgan fingerprint density at radius 3 is 2.58 bits per heavy atom. The normalized spacial score (nSPS) is 10.7. The Morgan fingerprint density at radius 1 is 1.05 bits per heavy atom.